The van der Waals surface area contributed by atoms with Crippen molar-refractivity contribution in [3.63, 3.8) is 0 Å². The first-order valence-electron chi connectivity index (χ1n) is 8.11. The molecule has 0 N–H and O–H groups in total. The average Bonchev–Trinajstić information content (AvgIpc) is 2.60. The summed E-state index contributed by atoms with van der Waals surface area (Å²) in [5, 5.41) is 11.1. The van der Waals surface area contributed by atoms with Crippen LogP contribution in [0.15, 0.2) is 28.0 Å². The minimum absolute atomic E-state index is 0.183. The monoisotopic (exact) mass is 443 g/mol. The Morgan fingerprint density at radius 1 is 1.25 bits per heavy atom. The van der Waals surface area contributed by atoms with Gasteiger partial charge in [0.25, 0.3) is 15.5 Å². The lowest BCUT2D eigenvalue weighted by Gasteiger charge is -2.21. The number of sulfone groups is 1. The van der Waals surface area contributed by atoms with E-state index in [1.165, 1.54) is 0 Å². The highest BCUT2D eigenvalue weighted by molar-refractivity contribution is 7.92. The predicted octanol–water partition coefficient (Wildman–Crippen LogP) is 2.87. The number of esters is 1. The SMILES string of the molecule is O=C(CS(=O)c1ccc(S(=O)(=O)C(F)(F)F)cc1[N+](=O)[O-])OC1CCCCC1. The van der Waals surface area contributed by atoms with Gasteiger partial charge in [0.2, 0.25) is 0 Å². The van der Waals surface area contributed by atoms with Crippen LogP contribution in [0, 0.1) is 10.1 Å². The molecule has 0 saturated heterocycles. The number of benzene rings is 1. The lowest BCUT2D eigenvalue weighted by Crippen LogP contribution is -2.25. The third-order valence-corrected chi connectivity index (χ3v) is 6.90. The third kappa shape index (κ3) is 5.07. The van der Waals surface area contributed by atoms with Crippen molar-refractivity contribution in [2.24, 2.45) is 0 Å². The molecular weight excluding hydrogens is 427 g/mol. The summed E-state index contributed by atoms with van der Waals surface area (Å²) in [5.41, 5.74) is -6.74. The molecule has 28 heavy (non-hydrogen) atoms. The lowest BCUT2D eigenvalue weighted by atomic mass is 9.98. The molecular formula is C15H16F3NO7S2. The number of carbonyl (C=O) groups excluding carboxylic acids is 1. The fourth-order valence-electron chi connectivity index (χ4n) is 2.72. The van der Waals surface area contributed by atoms with E-state index in [1.807, 2.05) is 0 Å². The Hall–Kier alpha value is -2.02. The van der Waals surface area contributed by atoms with Gasteiger partial charge in [0, 0.05) is 6.07 Å². The number of nitro benzene ring substituents is 1. The molecule has 1 atom stereocenters. The Kier molecular flexibility index (Phi) is 6.80. The van der Waals surface area contributed by atoms with Crippen LogP contribution in [0.5, 0.6) is 0 Å². The minimum atomic E-state index is -5.81. The first-order valence-corrected chi connectivity index (χ1v) is 10.9. The van der Waals surface area contributed by atoms with Gasteiger partial charge < -0.3 is 4.74 Å². The molecule has 1 aromatic rings. The molecule has 0 heterocycles. The molecule has 2 rings (SSSR count). The summed E-state index contributed by atoms with van der Waals surface area (Å²) < 4.78 is 78.2. The highest BCUT2D eigenvalue weighted by Gasteiger charge is 2.47. The third-order valence-electron chi connectivity index (χ3n) is 4.09. The number of ether oxygens (including phenoxy) is 1. The Balaban J connectivity index is 2.23. The Labute approximate surface area is 160 Å². The fraction of sp³-hybridized carbons (Fsp3) is 0.533. The predicted molar refractivity (Wildman–Crippen MR) is 90.6 cm³/mol. The number of hydrogen-bond donors (Lipinski definition) is 0. The molecule has 0 spiro atoms. The van der Waals surface area contributed by atoms with Crippen molar-refractivity contribution in [2.75, 3.05) is 5.75 Å². The maximum atomic E-state index is 12.6. The van der Waals surface area contributed by atoms with E-state index in [0.717, 1.165) is 19.3 Å². The molecule has 0 bridgehead atoms. The number of nitro groups is 1. The van der Waals surface area contributed by atoms with Gasteiger partial charge in [-0.2, -0.15) is 13.2 Å². The van der Waals surface area contributed by atoms with Crippen LogP contribution in [0.2, 0.25) is 0 Å². The van der Waals surface area contributed by atoms with Gasteiger partial charge in [-0.1, -0.05) is 6.42 Å². The molecule has 1 unspecified atom stereocenters. The molecule has 1 aliphatic rings. The summed E-state index contributed by atoms with van der Waals surface area (Å²) in [6.45, 7) is 0. The molecule has 13 heteroatoms. The van der Waals surface area contributed by atoms with Crippen molar-refractivity contribution in [3.05, 3.63) is 28.3 Å². The van der Waals surface area contributed by atoms with Gasteiger partial charge in [0.15, 0.2) is 0 Å². The van der Waals surface area contributed by atoms with E-state index in [-0.39, 0.29) is 12.2 Å². The van der Waals surface area contributed by atoms with Gasteiger partial charge in [0.05, 0.1) is 20.6 Å². The summed E-state index contributed by atoms with van der Waals surface area (Å²) in [6, 6.07) is 1.29. The van der Waals surface area contributed by atoms with E-state index in [9.17, 15) is 40.7 Å². The van der Waals surface area contributed by atoms with Gasteiger partial charge in [-0.15, -0.1) is 0 Å². The van der Waals surface area contributed by atoms with E-state index >= 15 is 0 Å². The van der Waals surface area contributed by atoms with Crippen LogP contribution in [-0.2, 0) is 30.2 Å². The molecule has 0 radical (unpaired) electrons. The Bertz CT molecular complexity index is 893. The number of hydrogen-bond acceptors (Lipinski definition) is 7. The van der Waals surface area contributed by atoms with Crippen LogP contribution >= 0.6 is 0 Å². The molecule has 156 valence electrons. The van der Waals surface area contributed by atoms with Crippen LogP contribution in [0.4, 0.5) is 18.9 Å². The number of alkyl halides is 3. The maximum Gasteiger partial charge on any atom is 0.501 e. The number of rotatable bonds is 6. The second-order valence-electron chi connectivity index (χ2n) is 6.08. The van der Waals surface area contributed by atoms with Gasteiger partial charge in [0.1, 0.15) is 16.8 Å². The zero-order chi connectivity index (χ0) is 21.1. The van der Waals surface area contributed by atoms with Crippen LogP contribution in [0.3, 0.4) is 0 Å². The van der Waals surface area contributed by atoms with Crippen LogP contribution in [0.1, 0.15) is 32.1 Å². The van der Waals surface area contributed by atoms with E-state index < -0.39 is 58.3 Å². The molecule has 0 aromatic heterocycles. The standard InChI is InChI=1S/C15H16F3NO7S2/c16-15(17,18)28(24,25)11-6-7-13(12(8-11)19(21)22)27(23)9-14(20)26-10-4-2-1-3-5-10/h6-8,10H,1-5,9H2. The quantitative estimate of drug-likeness (QED) is 0.376. The molecule has 0 aliphatic heterocycles. The first-order chi connectivity index (χ1) is 12.9. The molecule has 1 aliphatic carbocycles. The van der Waals surface area contributed by atoms with Crippen molar-refractivity contribution in [1.29, 1.82) is 0 Å². The zero-order valence-corrected chi connectivity index (χ0v) is 15.9. The molecule has 1 saturated carbocycles. The van der Waals surface area contributed by atoms with Gasteiger partial charge in [-0.25, -0.2) is 8.42 Å². The molecule has 8 nitrogen and oxygen atoms in total. The van der Waals surface area contributed by atoms with E-state index in [1.54, 1.807) is 0 Å². The van der Waals surface area contributed by atoms with E-state index in [2.05, 4.69) is 0 Å². The first kappa shape index (κ1) is 22.3. The van der Waals surface area contributed by atoms with E-state index in [0.29, 0.717) is 25.0 Å². The smallest absolute Gasteiger partial charge is 0.462 e. The summed E-state index contributed by atoms with van der Waals surface area (Å²) in [7, 11) is -8.11. The maximum absolute atomic E-state index is 12.6. The van der Waals surface area contributed by atoms with Crippen molar-refractivity contribution in [3.8, 4) is 0 Å². The second-order valence-corrected chi connectivity index (χ2v) is 9.44. The lowest BCUT2D eigenvalue weighted by molar-refractivity contribution is -0.388. The van der Waals surface area contributed by atoms with E-state index in [4.69, 9.17) is 4.74 Å². The fourth-order valence-corrected chi connectivity index (χ4v) is 4.53. The molecule has 1 aromatic carbocycles. The summed E-state index contributed by atoms with van der Waals surface area (Å²) >= 11 is 0. The number of halogens is 3. The Morgan fingerprint density at radius 3 is 2.39 bits per heavy atom. The van der Waals surface area contributed by atoms with Gasteiger partial charge >= 0.3 is 11.5 Å². The summed E-state index contributed by atoms with van der Waals surface area (Å²) in [6.07, 6.45) is 3.75. The number of nitrogens with zero attached hydrogens (tertiary/aromatic N) is 1. The molecule has 0 amide bonds. The van der Waals surface area contributed by atoms with Gasteiger partial charge in [-0.3, -0.25) is 19.1 Å². The molecule has 1 fully saturated rings. The number of carbonyl (C=O) groups is 1. The summed E-state index contributed by atoms with van der Waals surface area (Å²) in [4.78, 5) is 20.0. The highest BCUT2D eigenvalue weighted by Crippen LogP contribution is 2.34. The van der Waals surface area contributed by atoms with Crippen LogP contribution in [-0.4, -0.2) is 40.9 Å². The van der Waals surface area contributed by atoms with Gasteiger partial charge in [-0.05, 0) is 37.8 Å². The van der Waals surface area contributed by atoms with Crippen molar-refractivity contribution in [2.45, 2.75) is 53.5 Å². The van der Waals surface area contributed by atoms with Crippen molar-refractivity contribution < 1.29 is 40.3 Å². The summed E-state index contributed by atoms with van der Waals surface area (Å²) in [5.74, 6) is -1.59. The average molecular weight is 443 g/mol. The van der Waals surface area contributed by atoms with Crippen molar-refractivity contribution >= 4 is 32.3 Å². The normalized spacial score (nSPS) is 17.1. The highest BCUT2D eigenvalue weighted by atomic mass is 32.2. The van der Waals surface area contributed by atoms with Crippen molar-refractivity contribution in [1.82, 2.24) is 0 Å². The topological polar surface area (TPSA) is 121 Å². The largest absolute Gasteiger partial charge is 0.501 e. The second kappa shape index (κ2) is 8.55. The van der Waals surface area contributed by atoms with Crippen LogP contribution in [0.25, 0.3) is 0 Å². The minimum Gasteiger partial charge on any atom is -0.462 e. The zero-order valence-electron chi connectivity index (χ0n) is 14.3. The van der Waals surface area contributed by atoms with Crippen LogP contribution < -0.4 is 0 Å². The Morgan fingerprint density at radius 2 is 1.86 bits per heavy atom.